The smallest absolute Gasteiger partial charge is 0.260 e. The third kappa shape index (κ3) is 4.06. The average Bonchev–Trinajstić information content (AvgIpc) is 2.73. The molecule has 5 heteroatoms. The number of ether oxygens (including phenoxy) is 2. The van der Waals surface area contributed by atoms with Gasteiger partial charge in [-0.15, -0.1) is 0 Å². The predicted octanol–water partition coefficient (Wildman–Crippen LogP) is 4.63. The Bertz CT molecular complexity index is 1050. The molecule has 0 unspecified atom stereocenters. The van der Waals surface area contributed by atoms with Crippen LogP contribution in [0, 0.1) is 34.6 Å². The van der Waals surface area contributed by atoms with Gasteiger partial charge in [-0.25, -0.2) is 0 Å². The van der Waals surface area contributed by atoms with Crippen molar-refractivity contribution in [1.29, 1.82) is 0 Å². The summed E-state index contributed by atoms with van der Waals surface area (Å²) in [6.07, 6.45) is 1.68. The number of rotatable bonds is 3. The van der Waals surface area contributed by atoms with Crippen LogP contribution in [0.25, 0.3) is 0 Å². The second-order valence-electron chi connectivity index (χ2n) is 9.14. The molecule has 0 atom stereocenters. The number of fused-ring (bicyclic) bond motifs is 1. The maximum atomic E-state index is 12.8. The van der Waals surface area contributed by atoms with Crippen molar-refractivity contribution in [2.75, 3.05) is 19.7 Å². The number of likely N-dealkylation sites (tertiary alicyclic amines) is 1. The van der Waals surface area contributed by atoms with Crippen LogP contribution in [0.15, 0.2) is 24.3 Å². The molecule has 2 heterocycles. The van der Waals surface area contributed by atoms with Gasteiger partial charge in [-0.3, -0.25) is 9.59 Å². The molecule has 164 valence electrons. The highest BCUT2D eigenvalue weighted by Crippen LogP contribution is 2.40. The molecule has 2 aliphatic heterocycles. The molecule has 0 aliphatic carbocycles. The minimum atomic E-state index is -0.507. The molecule has 2 aromatic carbocycles. The second kappa shape index (κ2) is 8.03. The molecule has 31 heavy (non-hydrogen) atoms. The standard InChI is InChI=1S/C26H31NO4/c1-16-6-7-17(2)25(20(16)5)30-15-24(29)27-10-8-26(9-11-27)14-22(28)21-12-18(3)19(4)13-23(21)31-26/h6-7,12-13H,8-11,14-15H2,1-5H3. The van der Waals surface area contributed by atoms with Gasteiger partial charge in [-0.1, -0.05) is 12.1 Å². The van der Waals surface area contributed by atoms with E-state index in [1.807, 2.05) is 57.7 Å². The Labute approximate surface area is 184 Å². The van der Waals surface area contributed by atoms with Crippen molar-refractivity contribution in [2.45, 2.75) is 59.5 Å². The number of hydrogen-bond donors (Lipinski definition) is 0. The summed E-state index contributed by atoms with van der Waals surface area (Å²) in [4.78, 5) is 27.4. The van der Waals surface area contributed by atoms with Crippen LogP contribution in [0.5, 0.6) is 11.5 Å². The van der Waals surface area contributed by atoms with E-state index in [-0.39, 0.29) is 18.3 Å². The second-order valence-corrected chi connectivity index (χ2v) is 9.14. The van der Waals surface area contributed by atoms with Crippen molar-refractivity contribution in [2.24, 2.45) is 0 Å². The van der Waals surface area contributed by atoms with Gasteiger partial charge >= 0.3 is 0 Å². The third-order valence-electron chi connectivity index (χ3n) is 6.95. The third-order valence-corrected chi connectivity index (χ3v) is 6.95. The number of Topliss-reactive ketones (excluding diaryl/α,β-unsaturated/α-hetero) is 1. The lowest BCUT2D eigenvalue weighted by atomic mass is 9.82. The highest BCUT2D eigenvalue weighted by atomic mass is 16.5. The normalized spacial score (nSPS) is 17.3. The number of aryl methyl sites for hydroxylation is 4. The first kappa shape index (κ1) is 21.4. The molecule has 0 aromatic heterocycles. The fourth-order valence-electron chi connectivity index (χ4n) is 4.56. The predicted molar refractivity (Wildman–Crippen MR) is 120 cm³/mol. The lowest BCUT2D eigenvalue weighted by Gasteiger charge is -2.44. The number of benzene rings is 2. The molecule has 1 fully saturated rings. The maximum absolute atomic E-state index is 12.8. The topological polar surface area (TPSA) is 55.8 Å². The summed E-state index contributed by atoms with van der Waals surface area (Å²) in [5.41, 5.74) is 5.66. The molecule has 5 nitrogen and oxygen atoms in total. The first-order valence-corrected chi connectivity index (χ1v) is 11.0. The van der Waals surface area contributed by atoms with Crippen LogP contribution < -0.4 is 9.47 Å². The quantitative estimate of drug-likeness (QED) is 0.725. The van der Waals surface area contributed by atoms with Gasteiger partial charge in [0.25, 0.3) is 5.91 Å². The van der Waals surface area contributed by atoms with Crippen LogP contribution in [0.3, 0.4) is 0 Å². The van der Waals surface area contributed by atoms with E-state index >= 15 is 0 Å². The van der Waals surface area contributed by atoms with Crippen LogP contribution in [0.1, 0.15) is 57.4 Å². The minimum absolute atomic E-state index is 0.0239. The van der Waals surface area contributed by atoms with Crippen molar-refractivity contribution in [3.63, 3.8) is 0 Å². The number of hydrogen-bond acceptors (Lipinski definition) is 4. The zero-order chi connectivity index (χ0) is 22.3. The van der Waals surface area contributed by atoms with Crippen molar-refractivity contribution in [3.05, 3.63) is 57.6 Å². The van der Waals surface area contributed by atoms with Gasteiger partial charge in [0.05, 0.1) is 12.0 Å². The first-order valence-electron chi connectivity index (χ1n) is 11.0. The molecule has 0 radical (unpaired) electrons. The fraction of sp³-hybridized carbons (Fsp3) is 0.462. The van der Waals surface area contributed by atoms with E-state index in [0.29, 0.717) is 43.7 Å². The highest BCUT2D eigenvalue weighted by Gasteiger charge is 2.43. The SMILES string of the molecule is Cc1cc2c(cc1C)C(=O)CC1(CCN(C(=O)COc3c(C)ccc(C)c3C)CC1)O2. The lowest BCUT2D eigenvalue weighted by Crippen LogP contribution is -2.53. The van der Waals surface area contributed by atoms with Crippen LogP contribution in [0.2, 0.25) is 0 Å². The summed E-state index contributed by atoms with van der Waals surface area (Å²) in [5.74, 6) is 1.60. The first-order chi connectivity index (χ1) is 14.7. The van der Waals surface area contributed by atoms with E-state index in [2.05, 4.69) is 6.07 Å². The Morgan fingerprint density at radius 3 is 2.35 bits per heavy atom. The van der Waals surface area contributed by atoms with E-state index < -0.39 is 5.60 Å². The van der Waals surface area contributed by atoms with Crippen LogP contribution in [0.4, 0.5) is 0 Å². The Morgan fingerprint density at radius 2 is 1.65 bits per heavy atom. The van der Waals surface area contributed by atoms with Gasteiger partial charge in [-0.2, -0.15) is 0 Å². The number of carbonyl (C=O) groups is 2. The zero-order valence-electron chi connectivity index (χ0n) is 19.1. The number of amides is 1. The van der Waals surface area contributed by atoms with Gasteiger partial charge in [0, 0.05) is 25.9 Å². The number of nitrogens with zero attached hydrogens (tertiary/aromatic N) is 1. The zero-order valence-corrected chi connectivity index (χ0v) is 19.1. The van der Waals surface area contributed by atoms with Gasteiger partial charge in [0.15, 0.2) is 12.4 Å². The van der Waals surface area contributed by atoms with Gasteiger partial charge in [0.2, 0.25) is 0 Å². The summed E-state index contributed by atoms with van der Waals surface area (Å²) in [6.45, 7) is 11.3. The Hall–Kier alpha value is -2.82. The molecule has 2 aromatic rings. The number of piperidine rings is 1. The van der Waals surface area contributed by atoms with Crippen molar-refractivity contribution >= 4 is 11.7 Å². The molecule has 1 spiro atoms. The van der Waals surface area contributed by atoms with Crippen molar-refractivity contribution in [1.82, 2.24) is 4.90 Å². The summed E-state index contributed by atoms with van der Waals surface area (Å²) in [7, 11) is 0. The molecule has 0 saturated carbocycles. The van der Waals surface area contributed by atoms with Gasteiger partial charge in [-0.05, 0) is 74.6 Å². The largest absolute Gasteiger partial charge is 0.486 e. The number of ketones is 1. The molecular weight excluding hydrogens is 390 g/mol. The van der Waals surface area contributed by atoms with Crippen LogP contribution in [-0.4, -0.2) is 41.9 Å². The van der Waals surface area contributed by atoms with E-state index in [1.165, 1.54) is 0 Å². The van der Waals surface area contributed by atoms with Crippen molar-refractivity contribution in [3.8, 4) is 11.5 Å². The summed E-state index contributed by atoms with van der Waals surface area (Å²) in [6, 6.07) is 7.99. The van der Waals surface area contributed by atoms with E-state index in [9.17, 15) is 9.59 Å². The van der Waals surface area contributed by atoms with E-state index in [0.717, 1.165) is 33.6 Å². The molecule has 1 amide bonds. The minimum Gasteiger partial charge on any atom is -0.486 e. The summed E-state index contributed by atoms with van der Waals surface area (Å²) in [5, 5.41) is 0. The molecule has 0 bridgehead atoms. The van der Waals surface area contributed by atoms with Gasteiger partial charge < -0.3 is 14.4 Å². The summed E-state index contributed by atoms with van der Waals surface area (Å²) < 4.78 is 12.3. The van der Waals surface area contributed by atoms with Crippen LogP contribution >= 0.6 is 0 Å². The Morgan fingerprint density at radius 1 is 1.00 bits per heavy atom. The molecule has 1 saturated heterocycles. The van der Waals surface area contributed by atoms with E-state index in [4.69, 9.17) is 9.47 Å². The molecule has 4 rings (SSSR count). The Balaban J connectivity index is 1.40. The van der Waals surface area contributed by atoms with Crippen LogP contribution in [-0.2, 0) is 4.79 Å². The van der Waals surface area contributed by atoms with Crippen molar-refractivity contribution < 1.29 is 19.1 Å². The number of carbonyl (C=O) groups excluding carboxylic acids is 2. The summed E-state index contributed by atoms with van der Waals surface area (Å²) >= 11 is 0. The van der Waals surface area contributed by atoms with E-state index in [1.54, 1.807) is 0 Å². The maximum Gasteiger partial charge on any atom is 0.260 e. The fourth-order valence-corrected chi connectivity index (χ4v) is 4.56. The molecular formula is C26H31NO4. The average molecular weight is 422 g/mol. The lowest BCUT2D eigenvalue weighted by molar-refractivity contribution is -0.136. The molecule has 0 N–H and O–H groups in total. The highest BCUT2D eigenvalue weighted by molar-refractivity contribution is 6.00. The Kier molecular flexibility index (Phi) is 5.54. The molecule has 2 aliphatic rings. The van der Waals surface area contributed by atoms with Gasteiger partial charge in [0.1, 0.15) is 17.1 Å². The monoisotopic (exact) mass is 421 g/mol.